The number of rotatable bonds is 6. The molecule has 1 aromatic heterocycles. The summed E-state index contributed by atoms with van der Waals surface area (Å²) in [5.74, 6) is -7.50. The number of carbonyl (C=O) groups is 2. The van der Waals surface area contributed by atoms with Gasteiger partial charge < -0.3 is 14.8 Å². The van der Waals surface area contributed by atoms with Crippen LogP contribution in [0.5, 0.6) is 0 Å². The standard InChI is InChI=1S/C18H17F4NO4S/c1-4-27-15(24)12-10(2)13(11-8-6-5-7-9-11)28-14(12)23-16(25)17(19,26-3)18(20,21)22/h5-9H,4H2,1-3H3,(H,23,25)/t17-/m0/s1. The number of ether oxygens (including phenoxy) is 2. The molecule has 0 bridgehead atoms. The number of carbonyl (C=O) groups excluding carboxylic acids is 2. The maximum atomic E-state index is 14.1. The van der Waals surface area contributed by atoms with Crippen molar-refractivity contribution in [1.82, 2.24) is 0 Å². The minimum Gasteiger partial charge on any atom is -0.462 e. The average molecular weight is 419 g/mol. The lowest BCUT2D eigenvalue weighted by Crippen LogP contribution is -2.52. The maximum Gasteiger partial charge on any atom is 0.458 e. The first-order valence-corrected chi connectivity index (χ1v) is 8.86. The first kappa shape index (κ1) is 21.8. The van der Waals surface area contributed by atoms with Gasteiger partial charge in [0.2, 0.25) is 0 Å². The number of hydrogen-bond acceptors (Lipinski definition) is 5. The summed E-state index contributed by atoms with van der Waals surface area (Å²) in [5.41, 5.74) is 0.920. The van der Waals surface area contributed by atoms with Crippen LogP contribution in [0.3, 0.4) is 0 Å². The fourth-order valence-electron chi connectivity index (χ4n) is 2.44. The predicted octanol–water partition coefficient (Wildman–Crippen LogP) is 4.71. The summed E-state index contributed by atoms with van der Waals surface area (Å²) in [6.45, 7) is 3.12. The smallest absolute Gasteiger partial charge is 0.458 e. The molecular formula is C18H17F4NO4S. The van der Waals surface area contributed by atoms with E-state index in [0.29, 0.717) is 23.1 Å². The molecule has 0 unspecified atom stereocenters. The van der Waals surface area contributed by atoms with Gasteiger partial charge >= 0.3 is 23.9 Å². The highest BCUT2D eigenvalue weighted by molar-refractivity contribution is 7.20. The lowest BCUT2D eigenvalue weighted by atomic mass is 10.1. The lowest BCUT2D eigenvalue weighted by molar-refractivity contribution is -0.305. The number of nitrogens with one attached hydrogen (secondary N) is 1. The van der Waals surface area contributed by atoms with Crippen LogP contribution in [-0.4, -0.2) is 37.6 Å². The summed E-state index contributed by atoms with van der Waals surface area (Å²) >= 11 is 0.837. The first-order valence-electron chi connectivity index (χ1n) is 8.05. The minimum absolute atomic E-state index is 0.00977. The summed E-state index contributed by atoms with van der Waals surface area (Å²) in [7, 11) is 0.425. The highest BCUT2D eigenvalue weighted by Gasteiger charge is 2.63. The molecule has 2 rings (SSSR count). The normalized spacial score (nSPS) is 13.7. The fraction of sp³-hybridized carbons (Fsp3) is 0.333. The van der Waals surface area contributed by atoms with Gasteiger partial charge in [0.15, 0.2) is 0 Å². The molecule has 0 saturated carbocycles. The third-order valence-electron chi connectivity index (χ3n) is 3.83. The number of esters is 1. The Balaban J connectivity index is 2.54. The van der Waals surface area contributed by atoms with Crippen LogP contribution in [0.1, 0.15) is 22.8 Å². The van der Waals surface area contributed by atoms with Gasteiger partial charge in [-0.05, 0) is 25.0 Å². The molecule has 1 atom stereocenters. The largest absolute Gasteiger partial charge is 0.462 e. The molecule has 1 amide bonds. The Labute approximate surface area is 162 Å². The SMILES string of the molecule is CCOC(=O)c1c(NC(=O)[C@](F)(OC)C(F)(F)F)sc(-c2ccccc2)c1C. The molecule has 0 aliphatic heterocycles. The van der Waals surface area contributed by atoms with Crippen LogP contribution in [-0.2, 0) is 14.3 Å². The Bertz CT molecular complexity index is 866. The third-order valence-corrected chi connectivity index (χ3v) is 5.08. The van der Waals surface area contributed by atoms with E-state index < -0.39 is 23.9 Å². The van der Waals surface area contributed by atoms with Crippen molar-refractivity contribution in [3.8, 4) is 10.4 Å². The van der Waals surface area contributed by atoms with Crippen LogP contribution in [0.2, 0.25) is 0 Å². The monoisotopic (exact) mass is 419 g/mol. The minimum atomic E-state index is -5.61. The second kappa shape index (κ2) is 8.27. The molecule has 5 nitrogen and oxygen atoms in total. The number of amides is 1. The van der Waals surface area contributed by atoms with E-state index in [2.05, 4.69) is 4.74 Å². The number of benzene rings is 1. The summed E-state index contributed by atoms with van der Waals surface area (Å²) < 4.78 is 61.7. The molecule has 28 heavy (non-hydrogen) atoms. The van der Waals surface area contributed by atoms with Crippen LogP contribution < -0.4 is 5.32 Å². The molecule has 0 fully saturated rings. The van der Waals surface area contributed by atoms with Gasteiger partial charge in [-0.3, -0.25) is 4.79 Å². The third kappa shape index (κ3) is 4.02. The van der Waals surface area contributed by atoms with Crippen molar-refractivity contribution in [3.05, 3.63) is 41.5 Å². The molecule has 152 valence electrons. The number of anilines is 1. The Morgan fingerprint density at radius 3 is 2.25 bits per heavy atom. The first-order chi connectivity index (χ1) is 13.1. The van der Waals surface area contributed by atoms with Crippen molar-refractivity contribution in [2.45, 2.75) is 25.9 Å². The van der Waals surface area contributed by atoms with Crippen molar-refractivity contribution in [3.63, 3.8) is 0 Å². The van der Waals surface area contributed by atoms with Gasteiger partial charge in [0.1, 0.15) is 5.00 Å². The van der Waals surface area contributed by atoms with Crippen LogP contribution >= 0.6 is 11.3 Å². The van der Waals surface area contributed by atoms with Crippen LogP contribution in [0.4, 0.5) is 22.6 Å². The van der Waals surface area contributed by atoms with E-state index >= 15 is 0 Å². The Kier molecular flexibility index (Phi) is 6.45. The van der Waals surface area contributed by atoms with Crippen LogP contribution in [0, 0.1) is 6.92 Å². The molecule has 0 saturated heterocycles. The number of alkyl halides is 4. The van der Waals surface area contributed by atoms with Gasteiger partial charge in [-0.2, -0.15) is 17.6 Å². The van der Waals surface area contributed by atoms with Crippen molar-refractivity contribution in [1.29, 1.82) is 0 Å². The number of methoxy groups -OCH3 is 1. The molecule has 1 heterocycles. The molecule has 2 aromatic rings. The zero-order valence-electron chi connectivity index (χ0n) is 15.1. The van der Waals surface area contributed by atoms with E-state index in [4.69, 9.17) is 4.74 Å². The summed E-state index contributed by atoms with van der Waals surface area (Å²) in [5, 5.41) is 1.58. The zero-order valence-corrected chi connectivity index (χ0v) is 16.0. The summed E-state index contributed by atoms with van der Waals surface area (Å²) in [6, 6.07) is 8.68. The van der Waals surface area contributed by atoms with E-state index in [-0.39, 0.29) is 17.2 Å². The van der Waals surface area contributed by atoms with Crippen molar-refractivity contribution < 1.29 is 36.6 Å². The average Bonchev–Trinajstić information content (AvgIpc) is 2.96. The van der Waals surface area contributed by atoms with Gasteiger partial charge in [0.05, 0.1) is 12.2 Å². The number of thiophene rings is 1. The number of hydrogen-bond donors (Lipinski definition) is 1. The molecule has 10 heteroatoms. The van der Waals surface area contributed by atoms with E-state index in [1.807, 2.05) is 5.32 Å². The predicted molar refractivity (Wildman–Crippen MR) is 96.0 cm³/mol. The van der Waals surface area contributed by atoms with Crippen LogP contribution in [0.25, 0.3) is 10.4 Å². The molecule has 1 aromatic carbocycles. The molecule has 0 aliphatic rings. The van der Waals surface area contributed by atoms with Gasteiger partial charge in [0.25, 0.3) is 0 Å². The lowest BCUT2D eigenvalue weighted by Gasteiger charge is -2.24. The van der Waals surface area contributed by atoms with Gasteiger partial charge in [0, 0.05) is 12.0 Å². The van der Waals surface area contributed by atoms with Crippen LogP contribution in [0.15, 0.2) is 30.3 Å². The van der Waals surface area contributed by atoms with Gasteiger partial charge in [-0.15, -0.1) is 11.3 Å². The highest BCUT2D eigenvalue weighted by atomic mass is 32.1. The van der Waals surface area contributed by atoms with Crippen molar-refractivity contribution in [2.75, 3.05) is 19.0 Å². The second-order valence-corrected chi connectivity index (χ2v) is 6.62. The zero-order chi connectivity index (χ0) is 21.1. The molecule has 0 spiro atoms. The highest BCUT2D eigenvalue weighted by Crippen LogP contribution is 2.42. The van der Waals surface area contributed by atoms with E-state index in [0.717, 1.165) is 11.3 Å². The number of halogens is 4. The van der Waals surface area contributed by atoms with Crippen molar-refractivity contribution >= 4 is 28.2 Å². The summed E-state index contributed by atoms with van der Waals surface area (Å²) in [4.78, 5) is 24.9. The van der Waals surface area contributed by atoms with Gasteiger partial charge in [-0.25, -0.2) is 4.79 Å². The summed E-state index contributed by atoms with van der Waals surface area (Å²) in [6.07, 6.45) is -5.61. The Morgan fingerprint density at radius 2 is 1.75 bits per heavy atom. The molecule has 1 N–H and O–H groups in total. The fourth-order valence-corrected chi connectivity index (χ4v) is 3.63. The van der Waals surface area contributed by atoms with E-state index in [1.165, 1.54) is 0 Å². The second-order valence-electron chi connectivity index (χ2n) is 5.60. The quantitative estimate of drug-likeness (QED) is 0.544. The molecular weight excluding hydrogens is 402 g/mol. The molecule has 0 aliphatic carbocycles. The van der Waals surface area contributed by atoms with Crippen molar-refractivity contribution in [2.24, 2.45) is 0 Å². The van der Waals surface area contributed by atoms with E-state index in [9.17, 15) is 27.2 Å². The molecule has 0 radical (unpaired) electrons. The topological polar surface area (TPSA) is 64.6 Å². The Hall–Kier alpha value is -2.46. The Morgan fingerprint density at radius 1 is 1.14 bits per heavy atom. The maximum absolute atomic E-state index is 14.1. The van der Waals surface area contributed by atoms with E-state index in [1.54, 1.807) is 44.2 Å². The van der Waals surface area contributed by atoms with Gasteiger partial charge in [-0.1, -0.05) is 30.3 Å².